The van der Waals surface area contributed by atoms with Crippen LogP contribution in [0.4, 0.5) is 0 Å². The fourth-order valence-corrected chi connectivity index (χ4v) is 3.33. The quantitative estimate of drug-likeness (QED) is 0.208. The van der Waals surface area contributed by atoms with Crippen LogP contribution in [-0.2, 0) is 14.3 Å². The van der Waals surface area contributed by atoms with Crippen LogP contribution < -0.4 is 14.2 Å². The topological polar surface area (TPSA) is 102 Å². The van der Waals surface area contributed by atoms with Crippen LogP contribution in [0.5, 0.6) is 17.2 Å². The third kappa shape index (κ3) is 5.88. The van der Waals surface area contributed by atoms with Gasteiger partial charge in [-0.1, -0.05) is 17.8 Å². The Morgan fingerprint density at radius 1 is 1.03 bits per heavy atom. The van der Waals surface area contributed by atoms with Crippen molar-refractivity contribution in [2.75, 3.05) is 27.1 Å². The van der Waals surface area contributed by atoms with Crippen LogP contribution in [0.1, 0.15) is 5.56 Å². The maximum Gasteiger partial charge on any atom is 0.330 e. The Balaban J connectivity index is 1.63. The van der Waals surface area contributed by atoms with Crippen molar-refractivity contribution in [3.63, 3.8) is 0 Å². The summed E-state index contributed by atoms with van der Waals surface area (Å²) >= 11 is 1.20. The van der Waals surface area contributed by atoms with E-state index in [1.807, 2.05) is 24.3 Å². The van der Waals surface area contributed by atoms with E-state index < -0.39 is 11.9 Å². The summed E-state index contributed by atoms with van der Waals surface area (Å²) < 4.78 is 22.2. The van der Waals surface area contributed by atoms with Crippen molar-refractivity contribution in [2.45, 2.75) is 5.16 Å². The van der Waals surface area contributed by atoms with Gasteiger partial charge in [0.1, 0.15) is 12.1 Å². The summed E-state index contributed by atoms with van der Waals surface area (Å²) in [6.07, 6.45) is 4.43. The lowest BCUT2D eigenvalue weighted by molar-refractivity contribution is -0.135. The van der Waals surface area contributed by atoms with Gasteiger partial charge in [0.05, 0.1) is 27.1 Å². The molecular formula is C22H21N3O6S. The number of rotatable bonds is 9. The van der Waals surface area contributed by atoms with Crippen LogP contribution in [0.3, 0.4) is 0 Å². The highest BCUT2D eigenvalue weighted by Gasteiger charge is 2.14. The number of nitrogens with zero attached hydrogens (tertiary/aromatic N) is 3. The molecule has 32 heavy (non-hydrogen) atoms. The van der Waals surface area contributed by atoms with Crippen molar-refractivity contribution < 1.29 is 28.5 Å². The molecule has 0 fully saturated rings. The van der Waals surface area contributed by atoms with Crippen molar-refractivity contribution >= 4 is 29.8 Å². The maximum atomic E-state index is 12.4. The molecule has 3 aromatic rings. The van der Waals surface area contributed by atoms with Crippen LogP contribution in [0.25, 0.3) is 11.8 Å². The molecule has 3 rings (SSSR count). The first-order valence-corrected chi connectivity index (χ1v) is 10.3. The Labute approximate surface area is 189 Å². The van der Waals surface area contributed by atoms with Gasteiger partial charge in [0.25, 0.3) is 0 Å². The van der Waals surface area contributed by atoms with Crippen molar-refractivity contribution in [2.24, 2.45) is 0 Å². The Hall–Kier alpha value is -3.79. The summed E-state index contributed by atoms with van der Waals surface area (Å²) in [6.45, 7) is 0. The zero-order valence-electron chi connectivity index (χ0n) is 17.7. The highest BCUT2D eigenvalue weighted by Crippen LogP contribution is 2.29. The molecule has 0 spiro atoms. The van der Waals surface area contributed by atoms with Crippen LogP contribution in [-0.4, -0.2) is 53.8 Å². The summed E-state index contributed by atoms with van der Waals surface area (Å²) in [4.78, 5) is 23.6. The molecule has 0 aliphatic heterocycles. The molecule has 166 valence electrons. The minimum Gasteiger partial charge on any atom is -0.497 e. The Morgan fingerprint density at radius 3 is 2.50 bits per heavy atom. The highest BCUT2D eigenvalue weighted by atomic mass is 32.2. The lowest BCUT2D eigenvalue weighted by Crippen LogP contribution is -2.12. The first kappa shape index (κ1) is 22.9. The minimum absolute atomic E-state index is 0.0159. The third-order valence-corrected chi connectivity index (χ3v) is 5.13. The molecule has 0 N–H and O–H groups in total. The second-order valence-corrected chi connectivity index (χ2v) is 7.15. The summed E-state index contributed by atoms with van der Waals surface area (Å²) in [7, 11) is 4.36. The van der Waals surface area contributed by atoms with Crippen molar-refractivity contribution in [3.8, 4) is 22.9 Å². The van der Waals surface area contributed by atoms with E-state index in [9.17, 15) is 9.59 Å². The molecule has 2 aromatic carbocycles. The average Bonchev–Trinajstić information content (AvgIpc) is 3.30. The van der Waals surface area contributed by atoms with Gasteiger partial charge in [-0.2, -0.15) is 0 Å². The van der Waals surface area contributed by atoms with Gasteiger partial charge in [-0.05, 0) is 48.0 Å². The molecule has 10 heteroatoms. The number of carbonyl (C=O) groups excluding carboxylic acids is 2. The number of benzene rings is 2. The predicted molar refractivity (Wildman–Crippen MR) is 118 cm³/mol. The normalized spacial score (nSPS) is 10.7. The standard InChI is InChI=1S/C22H21N3O6S/c1-28-17-8-6-16(7-9-17)25-14-23-24-22(25)32-13-21(27)31-18-10-4-15(12-19(18)29-2)5-11-20(26)30-3/h4-12,14H,13H2,1-3H3/b11-5+. The number of hydrogen-bond acceptors (Lipinski definition) is 9. The van der Waals surface area contributed by atoms with Crippen LogP contribution in [0, 0.1) is 0 Å². The summed E-state index contributed by atoms with van der Waals surface area (Å²) in [6, 6.07) is 12.3. The van der Waals surface area contributed by atoms with Crippen LogP contribution >= 0.6 is 11.8 Å². The van der Waals surface area contributed by atoms with Gasteiger partial charge in [0.15, 0.2) is 16.7 Å². The van der Waals surface area contributed by atoms with Gasteiger partial charge in [0, 0.05) is 11.8 Å². The van der Waals surface area contributed by atoms with Gasteiger partial charge in [-0.25, -0.2) is 4.79 Å². The SMILES string of the molecule is COC(=O)/C=C/c1ccc(OC(=O)CSc2nncn2-c2ccc(OC)cc2)c(OC)c1. The van der Waals surface area contributed by atoms with E-state index in [1.165, 1.54) is 32.1 Å². The molecule has 0 saturated carbocycles. The summed E-state index contributed by atoms with van der Waals surface area (Å²) in [5, 5.41) is 8.54. The third-order valence-electron chi connectivity index (χ3n) is 4.21. The van der Waals surface area contributed by atoms with Crippen molar-refractivity contribution in [3.05, 3.63) is 60.4 Å². The minimum atomic E-state index is -0.476. The second-order valence-electron chi connectivity index (χ2n) is 6.21. The second kappa shape index (κ2) is 11.0. The van der Waals surface area contributed by atoms with Crippen molar-refractivity contribution in [1.82, 2.24) is 14.8 Å². The predicted octanol–water partition coefficient (Wildman–Crippen LogP) is 3.17. The number of esters is 2. The Bertz CT molecular complexity index is 1110. The van der Waals surface area contributed by atoms with Gasteiger partial charge in [-0.15, -0.1) is 10.2 Å². The lowest BCUT2D eigenvalue weighted by Gasteiger charge is -2.10. The number of aromatic nitrogens is 3. The molecule has 0 unspecified atom stereocenters. The van der Waals surface area contributed by atoms with Gasteiger partial charge >= 0.3 is 11.9 Å². The van der Waals surface area contributed by atoms with Gasteiger partial charge in [0.2, 0.25) is 0 Å². The number of hydrogen-bond donors (Lipinski definition) is 0. The summed E-state index contributed by atoms with van der Waals surface area (Å²) in [5.74, 6) is 0.429. The summed E-state index contributed by atoms with van der Waals surface area (Å²) in [5.41, 5.74) is 1.53. The Morgan fingerprint density at radius 2 is 1.81 bits per heavy atom. The zero-order valence-corrected chi connectivity index (χ0v) is 18.5. The molecule has 9 nitrogen and oxygen atoms in total. The molecule has 0 aliphatic rings. The van der Waals surface area contributed by atoms with E-state index in [0.717, 1.165) is 11.4 Å². The van der Waals surface area contributed by atoms with Crippen molar-refractivity contribution in [1.29, 1.82) is 0 Å². The first-order chi connectivity index (χ1) is 15.5. The zero-order chi connectivity index (χ0) is 22.9. The fraction of sp³-hybridized carbons (Fsp3) is 0.182. The largest absolute Gasteiger partial charge is 0.497 e. The van der Waals surface area contributed by atoms with Crippen LogP contribution in [0.2, 0.25) is 0 Å². The monoisotopic (exact) mass is 455 g/mol. The number of carbonyl (C=O) groups is 2. The van der Waals surface area contributed by atoms with E-state index >= 15 is 0 Å². The lowest BCUT2D eigenvalue weighted by atomic mass is 10.2. The molecule has 1 heterocycles. The maximum absolute atomic E-state index is 12.4. The van der Waals surface area contributed by atoms with E-state index in [2.05, 4.69) is 14.9 Å². The average molecular weight is 455 g/mol. The molecule has 0 aliphatic carbocycles. The highest BCUT2D eigenvalue weighted by molar-refractivity contribution is 7.99. The first-order valence-electron chi connectivity index (χ1n) is 9.36. The number of thioether (sulfide) groups is 1. The fourth-order valence-electron chi connectivity index (χ4n) is 2.62. The molecule has 0 atom stereocenters. The number of ether oxygens (including phenoxy) is 4. The molecule has 0 saturated heterocycles. The van der Waals surface area contributed by atoms with E-state index in [-0.39, 0.29) is 11.5 Å². The van der Waals surface area contributed by atoms with E-state index in [1.54, 1.807) is 42.3 Å². The Kier molecular flexibility index (Phi) is 7.87. The molecular weight excluding hydrogens is 434 g/mol. The smallest absolute Gasteiger partial charge is 0.330 e. The van der Waals surface area contributed by atoms with Gasteiger partial charge in [-0.3, -0.25) is 9.36 Å². The molecule has 0 radical (unpaired) electrons. The van der Waals surface area contributed by atoms with Gasteiger partial charge < -0.3 is 18.9 Å². The molecule has 0 bridgehead atoms. The van der Waals surface area contributed by atoms with Crippen LogP contribution in [0.15, 0.2) is 60.0 Å². The molecule has 1 aromatic heterocycles. The van der Waals surface area contributed by atoms with E-state index in [0.29, 0.717) is 16.5 Å². The van der Waals surface area contributed by atoms with E-state index in [4.69, 9.17) is 14.2 Å². The number of methoxy groups -OCH3 is 3. The molecule has 0 amide bonds.